The minimum atomic E-state index is -0.515. The third kappa shape index (κ3) is 2.28. The second kappa shape index (κ2) is 4.19. The highest BCUT2D eigenvalue weighted by atomic mass is 79.9. The number of carbonyl (C=O) groups is 1. The Hall–Kier alpha value is -0.420. The molecule has 2 nitrogen and oxygen atoms in total. The predicted molar refractivity (Wildman–Crippen MR) is 53.1 cm³/mol. The van der Waals surface area contributed by atoms with Gasteiger partial charge in [-0.25, -0.2) is 9.18 Å². The van der Waals surface area contributed by atoms with Crippen LogP contribution in [0.1, 0.15) is 10.4 Å². The van der Waals surface area contributed by atoms with Crippen LogP contribution in [0.25, 0.3) is 0 Å². The van der Waals surface area contributed by atoms with E-state index in [1.54, 1.807) is 0 Å². The van der Waals surface area contributed by atoms with Crippen LogP contribution in [0.2, 0.25) is 0 Å². The van der Waals surface area contributed by atoms with Crippen LogP contribution in [-0.2, 0) is 4.74 Å². The third-order valence-electron chi connectivity index (χ3n) is 1.40. The number of halogens is 3. The minimum absolute atomic E-state index is 0.281. The van der Waals surface area contributed by atoms with Gasteiger partial charge in [-0.05, 0) is 44.0 Å². The number of methoxy groups -OCH3 is 1. The van der Waals surface area contributed by atoms with Gasteiger partial charge in [0.25, 0.3) is 0 Å². The first-order valence-electron chi connectivity index (χ1n) is 3.29. The molecule has 1 aromatic rings. The van der Waals surface area contributed by atoms with Crippen LogP contribution >= 0.6 is 31.9 Å². The van der Waals surface area contributed by atoms with Crippen LogP contribution in [0.3, 0.4) is 0 Å². The second-order valence-electron chi connectivity index (χ2n) is 2.24. The molecule has 0 amide bonds. The van der Waals surface area contributed by atoms with Gasteiger partial charge in [0.1, 0.15) is 5.82 Å². The number of ether oxygens (including phenoxy) is 1. The molecule has 0 bridgehead atoms. The summed E-state index contributed by atoms with van der Waals surface area (Å²) in [5.41, 5.74) is 0.281. The average Bonchev–Trinajstić information content (AvgIpc) is 2.02. The van der Waals surface area contributed by atoms with E-state index < -0.39 is 11.8 Å². The molecule has 5 heteroatoms. The molecule has 0 aromatic heterocycles. The van der Waals surface area contributed by atoms with E-state index in [1.165, 1.54) is 19.2 Å². The van der Waals surface area contributed by atoms with Gasteiger partial charge in [-0.2, -0.15) is 0 Å². The molecule has 0 heterocycles. The van der Waals surface area contributed by atoms with Crippen molar-refractivity contribution >= 4 is 37.8 Å². The molecule has 1 rings (SSSR count). The van der Waals surface area contributed by atoms with E-state index in [0.717, 1.165) is 0 Å². The molecule has 0 atom stereocenters. The highest BCUT2D eigenvalue weighted by Gasteiger charge is 2.15. The third-order valence-corrected chi connectivity index (χ3v) is 2.65. The molecule has 0 aliphatic heterocycles. The van der Waals surface area contributed by atoms with Crippen LogP contribution < -0.4 is 0 Å². The van der Waals surface area contributed by atoms with Crippen molar-refractivity contribution in [2.24, 2.45) is 0 Å². The van der Waals surface area contributed by atoms with E-state index >= 15 is 0 Å². The van der Waals surface area contributed by atoms with Gasteiger partial charge in [0.05, 0.1) is 12.7 Å². The van der Waals surface area contributed by atoms with Crippen molar-refractivity contribution in [2.45, 2.75) is 0 Å². The normalized spacial score (nSPS) is 9.85. The van der Waals surface area contributed by atoms with Crippen molar-refractivity contribution in [3.8, 4) is 0 Å². The Balaban J connectivity index is 3.28. The molecule has 0 unspecified atom stereocenters. The quantitative estimate of drug-likeness (QED) is 0.745. The number of hydrogen-bond donors (Lipinski definition) is 0. The summed E-state index contributed by atoms with van der Waals surface area (Å²) in [6.45, 7) is 0. The van der Waals surface area contributed by atoms with E-state index in [1.807, 2.05) is 0 Å². The molecule has 70 valence electrons. The molecular formula is C8H5Br2FO2. The Kier molecular flexibility index (Phi) is 3.44. The van der Waals surface area contributed by atoms with Crippen molar-refractivity contribution in [1.82, 2.24) is 0 Å². The maximum atomic E-state index is 12.8. The van der Waals surface area contributed by atoms with Gasteiger partial charge < -0.3 is 4.74 Å². The van der Waals surface area contributed by atoms with Gasteiger partial charge >= 0.3 is 5.97 Å². The summed E-state index contributed by atoms with van der Waals surface area (Å²) < 4.78 is 18.0. The lowest BCUT2D eigenvalue weighted by Crippen LogP contribution is -2.03. The van der Waals surface area contributed by atoms with Crippen LogP contribution in [0.15, 0.2) is 21.1 Å². The van der Waals surface area contributed by atoms with Crippen molar-refractivity contribution in [3.63, 3.8) is 0 Å². The van der Waals surface area contributed by atoms with Gasteiger partial charge in [-0.15, -0.1) is 0 Å². The lowest BCUT2D eigenvalue weighted by atomic mass is 10.2. The van der Waals surface area contributed by atoms with Crippen LogP contribution in [0, 0.1) is 5.82 Å². The van der Waals surface area contributed by atoms with Gasteiger partial charge in [-0.1, -0.05) is 0 Å². The maximum absolute atomic E-state index is 12.8. The van der Waals surface area contributed by atoms with Crippen molar-refractivity contribution in [1.29, 1.82) is 0 Å². The molecule has 0 saturated carbocycles. The number of esters is 1. The summed E-state index contributed by atoms with van der Waals surface area (Å²) in [5, 5.41) is 0. The Labute approximate surface area is 91.3 Å². The zero-order valence-electron chi connectivity index (χ0n) is 6.61. The molecule has 0 spiro atoms. The average molecular weight is 312 g/mol. The Morgan fingerprint density at radius 2 is 1.85 bits per heavy atom. The first kappa shape index (κ1) is 10.7. The number of rotatable bonds is 1. The number of hydrogen-bond acceptors (Lipinski definition) is 2. The maximum Gasteiger partial charge on any atom is 0.340 e. The first-order valence-corrected chi connectivity index (χ1v) is 4.87. The highest BCUT2D eigenvalue weighted by molar-refractivity contribution is 9.11. The van der Waals surface area contributed by atoms with Gasteiger partial charge in [-0.3, -0.25) is 0 Å². The molecule has 0 fully saturated rings. The van der Waals surface area contributed by atoms with E-state index in [-0.39, 0.29) is 5.56 Å². The van der Waals surface area contributed by atoms with E-state index in [2.05, 4.69) is 36.6 Å². The zero-order valence-corrected chi connectivity index (χ0v) is 9.78. The standard InChI is InChI=1S/C8H5Br2FO2/c1-13-8(12)7-5(9)2-4(11)3-6(7)10/h2-3H,1H3. The summed E-state index contributed by atoms with van der Waals surface area (Å²) in [5.74, 6) is -0.940. The zero-order chi connectivity index (χ0) is 10.0. The van der Waals surface area contributed by atoms with Crippen molar-refractivity contribution in [3.05, 3.63) is 32.5 Å². The molecule has 0 N–H and O–H groups in total. The van der Waals surface area contributed by atoms with Crippen LogP contribution in [0.5, 0.6) is 0 Å². The fraction of sp³-hybridized carbons (Fsp3) is 0.125. The molecule has 13 heavy (non-hydrogen) atoms. The molecule has 1 aromatic carbocycles. The Morgan fingerprint density at radius 3 is 2.23 bits per heavy atom. The fourth-order valence-corrected chi connectivity index (χ4v) is 2.29. The monoisotopic (exact) mass is 310 g/mol. The fourth-order valence-electron chi connectivity index (χ4n) is 0.839. The van der Waals surface area contributed by atoms with Gasteiger partial charge in [0, 0.05) is 8.95 Å². The van der Waals surface area contributed by atoms with Crippen molar-refractivity contribution < 1.29 is 13.9 Å². The van der Waals surface area contributed by atoms with Crippen LogP contribution in [-0.4, -0.2) is 13.1 Å². The van der Waals surface area contributed by atoms with Gasteiger partial charge in [0.15, 0.2) is 0 Å². The Bertz CT molecular complexity index is 329. The topological polar surface area (TPSA) is 26.3 Å². The summed E-state index contributed by atoms with van der Waals surface area (Å²) in [6.07, 6.45) is 0. The Morgan fingerprint density at radius 1 is 1.38 bits per heavy atom. The summed E-state index contributed by atoms with van der Waals surface area (Å²) in [7, 11) is 1.27. The van der Waals surface area contributed by atoms with E-state index in [9.17, 15) is 9.18 Å². The molecular weight excluding hydrogens is 307 g/mol. The first-order chi connectivity index (χ1) is 6.06. The summed E-state index contributed by atoms with van der Waals surface area (Å²) in [4.78, 5) is 11.2. The molecule has 0 saturated heterocycles. The number of benzene rings is 1. The lowest BCUT2D eigenvalue weighted by Gasteiger charge is -2.04. The van der Waals surface area contributed by atoms with Crippen molar-refractivity contribution in [2.75, 3.05) is 7.11 Å². The minimum Gasteiger partial charge on any atom is -0.465 e. The van der Waals surface area contributed by atoms with E-state index in [0.29, 0.717) is 8.95 Å². The highest BCUT2D eigenvalue weighted by Crippen LogP contribution is 2.27. The van der Waals surface area contributed by atoms with Crippen LogP contribution in [0.4, 0.5) is 4.39 Å². The summed E-state index contributed by atoms with van der Waals surface area (Å²) >= 11 is 6.14. The SMILES string of the molecule is COC(=O)c1c(Br)cc(F)cc1Br. The number of carbonyl (C=O) groups excluding carboxylic acids is 1. The smallest absolute Gasteiger partial charge is 0.340 e. The van der Waals surface area contributed by atoms with E-state index in [4.69, 9.17) is 0 Å². The molecule has 0 aliphatic carbocycles. The summed E-state index contributed by atoms with van der Waals surface area (Å²) in [6, 6.07) is 2.41. The second-order valence-corrected chi connectivity index (χ2v) is 3.94. The molecule has 0 radical (unpaired) electrons. The van der Waals surface area contributed by atoms with Gasteiger partial charge in [0.2, 0.25) is 0 Å². The largest absolute Gasteiger partial charge is 0.465 e. The molecule has 0 aliphatic rings. The predicted octanol–water partition coefficient (Wildman–Crippen LogP) is 3.14. The lowest BCUT2D eigenvalue weighted by molar-refractivity contribution is 0.0598.